The Balaban J connectivity index is 2.02. The molecule has 1 aromatic rings. The minimum atomic E-state index is -0.785. The van der Waals surface area contributed by atoms with Gasteiger partial charge in [0.1, 0.15) is 6.04 Å². The quantitative estimate of drug-likeness (QED) is 0.847. The number of carboxylic acid groups (broad SMARTS) is 1. The third-order valence-electron chi connectivity index (χ3n) is 2.67. The second-order valence-corrected chi connectivity index (χ2v) is 4.99. The zero-order chi connectivity index (χ0) is 12.3. The maximum atomic E-state index is 11.1. The van der Waals surface area contributed by atoms with E-state index in [-0.39, 0.29) is 0 Å². The molecule has 1 aliphatic heterocycles. The van der Waals surface area contributed by atoms with Crippen molar-refractivity contribution in [2.45, 2.75) is 25.9 Å². The maximum absolute atomic E-state index is 11.1. The third-order valence-corrected chi connectivity index (χ3v) is 3.70. The lowest BCUT2D eigenvalue weighted by molar-refractivity contribution is -0.142. The van der Waals surface area contributed by atoms with E-state index in [0.29, 0.717) is 30.5 Å². The molecule has 2 heterocycles. The van der Waals surface area contributed by atoms with Crippen molar-refractivity contribution in [1.82, 2.24) is 15.1 Å². The van der Waals surface area contributed by atoms with Gasteiger partial charge in [0.25, 0.3) is 0 Å². The SMILES string of the molecule is CCc1nnc(CN2CCSCC2C(=O)O)o1. The van der Waals surface area contributed by atoms with E-state index >= 15 is 0 Å². The molecule has 1 aliphatic rings. The summed E-state index contributed by atoms with van der Waals surface area (Å²) in [7, 11) is 0. The fourth-order valence-electron chi connectivity index (χ4n) is 1.72. The third kappa shape index (κ3) is 2.98. The van der Waals surface area contributed by atoms with Crippen LogP contribution in [-0.4, -0.2) is 50.3 Å². The number of thioether (sulfide) groups is 1. The van der Waals surface area contributed by atoms with E-state index in [1.54, 1.807) is 11.8 Å². The molecule has 1 atom stereocenters. The highest BCUT2D eigenvalue weighted by Crippen LogP contribution is 2.18. The van der Waals surface area contributed by atoms with Crippen LogP contribution in [0.1, 0.15) is 18.7 Å². The molecular formula is C10H15N3O3S. The Morgan fingerprint density at radius 2 is 2.35 bits per heavy atom. The molecule has 1 aromatic heterocycles. The molecule has 0 saturated carbocycles. The summed E-state index contributed by atoms with van der Waals surface area (Å²) in [6.07, 6.45) is 0.700. The summed E-state index contributed by atoms with van der Waals surface area (Å²) >= 11 is 1.67. The van der Waals surface area contributed by atoms with E-state index < -0.39 is 12.0 Å². The van der Waals surface area contributed by atoms with Crippen molar-refractivity contribution in [2.24, 2.45) is 0 Å². The first kappa shape index (κ1) is 12.4. The Bertz CT molecular complexity index is 396. The molecule has 0 spiro atoms. The van der Waals surface area contributed by atoms with Crippen LogP contribution in [0.15, 0.2) is 4.42 Å². The number of carbonyl (C=O) groups is 1. The summed E-state index contributed by atoms with van der Waals surface area (Å²) in [6.45, 7) is 3.10. The number of aryl methyl sites for hydroxylation is 1. The lowest BCUT2D eigenvalue weighted by atomic mass is 10.2. The van der Waals surface area contributed by atoms with Gasteiger partial charge in [0.05, 0.1) is 6.54 Å². The van der Waals surface area contributed by atoms with Crippen molar-refractivity contribution >= 4 is 17.7 Å². The van der Waals surface area contributed by atoms with E-state index in [2.05, 4.69) is 10.2 Å². The van der Waals surface area contributed by atoms with Gasteiger partial charge in [-0.25, -0.2) is 0 Å². The molecule has 0 radical (unpaired) electrons. The zero-order valence-electron chi connectivity index (χ0n) is 9.63. The van der Waals surface area contributed by atoms with Crippen molar-refractivity contribution < 1.29 is 14.3 Å². The van der Waals surface area contributed by atoms with Gasteiger partial charge in [0.2, 0.25) is 11.8 Å². The fraction of sp³-hybridized carbons (Fsp3) is 0.700. The molecule has 1 N–H and O–H groups in total. The van der Waals surface area contributed by atoms with Gasteiger partial charge in [-0.1, -0.05) is 6.92 Å². The van der Waals surface area contributed by atoms with E-state index in [1.807, 2.05) is 11.8 Å². The molecule has 1 unspecified atom stereocenters. The second kappa shape index (κ2) is 5.50. The van der Waals surface area contributed by atoms with Crippen molar-refractivity contribution in [2.75, 3.05) is 18.1 Å². The normalized spacial score (nSPS) is 21.6. The Hall–Kier alpha value is -1.08. The standard InChI is InChI=1S/C10H15N3O3S/c1-2-8-11-12-9(16-8)5-13-3-4-17-6-7(13)10(14)15/h7H,2-6H2,1H3,(H,14,15). The Morgan fingerprint density at radius 1 is 1.59 bits per heavy atom. The van der Waals surface area contributed by atoms with Crippen molar-refractivity contribution in [1.29, 1.82) is 0 Å². The van der Waals surface area contributed by atoms with Crippen molar-refractivity contribution in [3.8, 4) is 0 Å². The number of rotatable bonds is 4. The van der Waals surface area contributed by atoms with Crippen LogP contribution in [0.5, 0.6) is 0 Å². The van der Waals surface area contributed by atoms with Crippen LogP contribution >= 0.6 is 11.8 Å². The summed E-state index contributed by atoms with van der Waals surface area (Å²) in [5.41, 5.74) is 0. The number of carboxylic acids is 1. The molecule has 7 heteroatoms. The van der Waals surface area contributed by atoms with E-state index in [4.69, 9.17) is 9.52 Å². The number of nitrogens with zero attached hydrogens (tertiary/aromatic N) is 3. The van der Waals surface area contributed by atoms with Crippen molar-refractivity contribution in [3.05, 3.63) is 11.8 Å². The van der Waals surface area contributed by atoms with Gasteiger partial charge in [-0.3, -0.25) is 9.69 Å². The Labute approximate surface area is 103 Å². The number of aliphatic carboxylic acids is 1. The molecule has 94 valence electrons. The summed E-state index contributed by atoms with van der Waals surface area (Å²) in [6, 6.07) is -0.453. The number of hydrogen-bond acceptors (Lipinski definition) is 6. The molecule has 0 bridgehead atoms. The largest absolute Gasteiger partial charge is 0.480 e. The molecular weight excluding hydrogens is 242 g/mol. The van der Waals surface area contributed by atoms with Gasteiger partial charge in [-0.15, -0.1) is 10.2 Å². The minimum absolute atomic E-state index is 0.421. The first-order valence-electron chi connectivity index (χ1n) is 5.56. The molecule has 1 saturated heterocycles. The predicted octanol–water partition coefficient (Wildman–Crippen LogP) is 0.634. The topological polar surface area (TPSA) is 79.5 Å². The molecule has 0 aromatic carbocycles. The van der Waals surface area contributed by atoms with Crippen LogP contribution < -0.4 is 0 Å². The molecule has 0 aliphatic carbocycles. The average Bonchev–Trinajstić information content (AvgIpc) is 2.77. The van der Waals surface area contributed by atoms with Gasteiger partial charge in [0.15, 0.2) is 0 Å². The van der Waals surface area contributed by atoms with Crippen LogP contribution in [0.25, 0.3) is 0 Å². The molecule has 6 nitrogen and oxygen atoms in total. The van der Waals surface area contributed by atoms with Gasteiger partial charge in [0, 0.05) is 24.5 Å². The Kier molecular flexibility index (Phi) is 4.01. The Morgan fingerprint density at radius 3 is 3.00 bits per heavy atom. The van der Waals surface area contributed by atoms with Gasteiger partial charge >= 0.3 is 5.97 Å². The summed E-state index contributed by atoms with van der Waals surface area (Å²) in [5.74, 6) is 1.87. The summed E-state index contributed by atoms with van der Waals surface area (Å²) in [4.78, 5) is 13.0. The molecule has 2 rings (SSSR count). The lowest BCUT2D eigenvalue weighted by Gasteiger charge is -2.31. The fourth-order valence-corrected chi connectivity index (χ4v) is 2.83. The first-order valence-corrected chi connectivity index (χ1v) is 6.72. The van der Waals surface area contributed by atoms with Crippen LogP contribution in [0.4, 0.5) is 0 Å². The second-order valence-electron chi connectivity index (χ2n) is 3.84. The summed E-state index contributed by atoms with van der Waals surface area (Å²) < 4.78 is 5.40. The van der Waals surface area contributed by atoms with Gasteiger partial charge in [-0.2, -0.15) is 11.8 Å². The highest BCUT2D eigenvalue weighted by atomic mass is 32.2. The van der Waals surface area contributed by atoms with E-state index in [9.17, 15) is 4.79 Å². The average molecular weight is 257 g/mol. The van der Waals surface area contributed by atoms with Gasteiger partial charge < -0.3 is 9.52 Å². The maximum Gasteiger partial charge on any atom is 0.321 e. The number of aromatic nitrogens is 2. The zero-order valence-corrected chi connectivity index (χ0v) is 10.4. The first-order chi connectivity index (χ1) is 8.20. The highest BCUT2D eigenvalue weighted by molar-refractivity contribution is 7.99. The van der Waals surface area contributed by atoms with Crippen LogP contribution in [0, 0.1) is 0 Å². The van der Waals surface area contributed by atoms with Gasteiger partial charge in [-0.05, 0) is 0 Å². The highest BCUT2D eigenvalue weighted by Gasteiger charge is 2.29. The van der Waals surface area contributed by atoms with Crippen LogP contribution in [0.2, 0.25) is 0 Å². The van der Waals surface area contributed by atoms with Crippen LogP contribution in [0.3, 0.4) is 0 Å². The lowest BCUT2D eigenvalue weighted by Crippen LogP contribution is -2.46. The van der Waals surface area contributed by atoms with E-state index in [0.717, 1.165) is 12.3 Å². The molecule has 17 heavy (non-hydrogen) atoms. The molecule has 0 amide bonds. The molecule has 1 fully saturated rings. The van der Waals surface area contributed by atoms with Crippen LogP contribution in [-0.2, 0) is 17.8 Å². The summed E-state index contributed by atoms with van der Waals surface area (Å²) in [5, 5.41) is 16.9. The van der Waals surface area contributed by atoms with Crippen molar-refractivity contribution in [3.63, 3.8) is 0 Å². The monoisotopic (exact) mass is 257 g/mol. The predicted molar refractivity (Wildman–Crippen MR) is 62.8 cm³/mol. The minimum Gasteiger partial charge on any atom is -0.480 e. The number of hydrogen-bond donors (Lipinski definition) is 1. The smallest absolute Gasteiger partial charge is 0.321 e. The van der Waals surface area contributed by atoms with E-state index in [1.165, 1.54) is 0 Å².